The lowest BCUT2D eigenvalue weighted by atomic mass is 10.1. The number of carbonyl (C=O) groups excluding carboxylic acids is 2. The van der Waals surface area contributed by atoms with Gasteiger partial charge in [0.15, 0.2) is 0 Å². The fraction of sp³-hybridized carbons (Fsp3) is 0.0909. The van der Waals surface area contributed by atoms with Gasteiger partial charge in [-0.25, -0.2) is 0 Å². The first kappa shape index (κ1) is 11.4. The van der Waals surface area contributed by atoms with Crippen LogP contribution in [0, 0.1) is 0 Å². The summed E-state index contributed by atoms with van der Waals surface area (Å²) in [5.74, 6) is -0.676. The minimum atomic E-state index is -0.965. The van der Waals surface area contributed by atoms with Crippen molar-refractivity contribution in [2.75, 3.05) is 0 Å². The van der Waals surface area contributed by atoms with Crippen molar-refractivity contribution in [1.82, 2.24) is 4.57 Å². The number of benzene rings is 1. The molecule has 3 nitrogen and oxygen atoms in total. The van der Waals surface area contributed by atoms with Crippen LogP contribution in [0.1, 0.15) is 10.4 Å². The Kier molecular flexibility index (Phi) is 2.86. The Labute approximate surface area is 105 Å². The molecule has 0 saturated carbocycles. The fourth-order valence-corrected chi connectivity index (χ4v) is 2.11. The molecular formula is C11H7BrClNO2. The van der Waals surface area contributed by atoms with E-state index in [9.17, 15) is 9.59 Å². The van der Waals surface area contributed by atoms with Crippen molar-refractivity contribution in [3.63, 3.8) is 0 Å². The SMILES string of the molecule is Cn1cc(C(=O)C(=O)Cl)c2cc(Br)ccc21. The number of hydrogen-bond acceptors (Lipinski definition) is 2. The zero-order chi connectivity index (χ0) is 11.9. The molecule has 5 heteroatoms. The number of rotatable bonds is 2. The molecule has 16 heavy (non-hydrogen) atoms. The van der Waals surface area contributed by atoms with Crippen molar-refractivity contribution in [1.29, 1.82) is 0 Å². The van der Waals surface area contributed by atoms with Crippen LogP contribution in [0.25, 0.3) is 10.9 Å². The molecule has 2 rings (SSSR count). The number of carbonyl (C=O) groups is 2. The summed E-state index contributed by atoms with van der Waals surface area (Å²) in [5, 5.41) is -0.247. The number of nitrogens with zero attached hydrogens (tertiary/aromatic N) is 1. The summed E-state index contributed by atoms with van der Waals surface area (Å²) in [6.07, 6.45) is 1.61. The van der Waals surface area contributed by atoms with Gasteiger partial charge in [0.1, 0.15) is 0 Å². The summed E-state index contributed by atoms with van der Waals surface area (Å²) < 4.78 is 2.64. The van der Waals surface area contributed by atoms with Crippen LogP contribution in [-0.4, -0.2) is 15.6 Å². The molecule has 0 bridgehead atoms. The van der Waals surface area contributed by atoms with E-state index in [4.69, 9.17) is 11.6 Å². The molecule has 1 heterocycles. The molecule has 0 radical (unpaired) electrons. The molecule has 0 aliphatic heterocycles. The predicted molar refractivity (Wildman–Crippen MR) is 65.8 cm³/mol. The maximum absolute atomic E-state index is 11.6. The maximum atomic E-state index is 11.6. The van der Waals surface area contributed by atoms with Crippen molar-refractivity contribution in [2.45, 2.75) is 0 Å². The molecule has 0 spiro atoms. The quantitative estimate of drug-likeness (QED) is 0.486. The first-order valence-corrected chi connectivity index (χ1v) is 5.66. The zero-order valence-corrected chi connectivity index (χ0v) is 10.7. The van der Waals surface area contributed by atoms with E-state index < -0.39 is 11.0 Å². The molecule has 0 amide bonds. The van der Waals surface area contributed by atoms with Gasteiger partial charge in [0.05, 0.1) is 5.56 Å². The molecule has 0 unspecified atom stereocenters. The molecule has 0 N–H and O–H groups in total. The second kappa shape index (κ2) is 4.03. The number of fused-ring (bicyclic) bond motifs is 1. The minimum absolute atomic E-state index is 0.332. The van der Waals surface area contributed by atoms with E-state index in [0.717, 1.165) is 15.4 Å². The van der Waals surface area contributed by atoms with Crippen LogP contribution in [0.2, 0.25) is 0 Å². The molecule has 1 aromatic carbocycles. The molecule has 0 fully saturated rings. The minimum Gasteiger partial charge on any atom is -0.350 e. The van der Waals surface area contributed by atoms with E-state index in [-0.39, 0.29) is 0 Å². The molecule has 0 saturated heterocycles. The van der Waals surface area contributed by atoms with Crippen LogP contribution >= 0.6 is 27.5 Å². The number of aromatic nitrogens is 1. The monoisotopic (exact) mass is 299 g/mol. The van der Waals surface area contributed by atoms with Crippen molar-refractivity contribution in [2.24, 2.45) is 7.05 Å². The van der Waals surface area contributed by atoms with E-state index in [2.05, 4.69) is 15.9 Å². The van der Waals surface area contributed by atoms with Gasteiger partial charge in [0.2, 0.25) is 5.78 Å². The largest absolute Gasteiger partial charge is 0.350 e. The molecule has 0 atom stereocenters. The van der Waals surface area contributed by atoms with E-state index in [1.165, 1.54) is 0 Å². The average Bonchev–Trinajstić information content (AvgIpc) is 2.54. The van der Waals surface area contributed by atoms with Crippen LogP contribution in [-0.2, 0) is 11.8 Å². The van der Waals surface area contributed by atoms with Gasteiger partial charge in [0.25, 0.3) is 5.24 Å². The highest BCUT2D eigenvalue weighted by Gasteiger charge is 2.19. The Hall–Kier alpha value is -1.13. The van der Waals surface area contributed by atoms with E-state index in [1.807, 2.05) is 19.2 Å². The molecule has 0 aliphatic carbocycles. The number of aryl methyl sites for hydroxylation is 1. The lowest BCUT2D eigenvalue weighted by molar-refractivity contribution is -0.108. The van der Waals surface area contributed by atoms with Gasteiger partial charge in [-0.3, -0.25) is 9.59 Å². The second-order valence-corrected chi connectivity index (χ2v) is 4.68. The summed E-state index contributed by atoms with van der Waals surface area (Å²) in [4.78, 5) is 22.4. The predicted octanol–water partition coefficient (Wildman–Crippen LogP) is 2.89. The van der Waals surface area contributed by atoms with Gasteiger partial charge in [-0.05, 0) is 29.8 Å². The number of hydrogen-bond donors (Lipinski definition) is 0. The third-order valence-electron chi connectivity index (χ3n) is 2.37. The van der Waals surface area contributed by atoms with Crippen molar-refractivity contribution in [3.05, 3.63) is 34.4 Å². The molecule has 0 aliphatic rings. The smallest absolute Gasteiger partial charge is 0.293 e. The van der Waals surface area contributed by atoms with Gasteiger partial charge in [-0.1, -0.05) is 15.9 Å². The lowest BCUT2D eigenvalue weighted by Gasteiger charge is -1.96. The van der Waals surface area contributed by atoms with Gasteiger partial charge >= 0.3 is 0 Å². The van der Waals surface area contributed by atoms with Crippen molar-refractivity contribution < 1.29 is 9.59 Å². The van der Waals surface area contributed by atoms with E-state index >= 15 is 0 Å². The highest BCUT2D eigenvalue weighted by atomic mass is 79.9. The average molecular weight is 301 g/mol. The molecular weight excluding hydrogens is 293 g/mol. The van der Waals surface area contributed by atoms with Gasteiger partial charge < -0.3 is 4.57 Å². The zero-order valence-electron chi connectivity index (χ0n) is 8.33. The van der Waals surface area contributed by atoms with Crippen LogP contribution in [0.15, 0.2) is 28.9 Å². The first-order valence-electron chi connectivity index (χ1n) is 4.49. The van der Waals surface area contributed by atoms with E-state index in [1.54, 1.807) is 16.8 Å². The van der Waals surface area contributed by atoms with Gasteiger partial charge in [-0.2, -0.15) is 0 Å². The first-order chi connectivity index (χ1) is 7.50. The highest BCUT2D eigenvalue weighted by Crippen LogP contribution is 2.25. The summed E-state index contributed by atoms with van der Waals surface area (Å²) in [5.41, 5.74) is 1.21. The number of ketones is 1. The highest BCUT2D eigenvalue weighted by molar-refractivity contribution is 9.10. The summed E-state index contributed by atoms with van der Waals surface area (Å²) >= 11 is 8.53. The maximum Gasteiger partial charge on any atom is 0.293 e. The van der Waals surface area contributed by atoms with Crippen LogP contribution in [0.5, 0.6) is 0 Å². The third-order valence-corrected chi connectivity index (χ3v) is 3.04. The Morgan fingerprint density at radius 3 is 2.69 bits per heavy atom. The topological polar surface area (TPSA) is 39.1 Å². The summed E-state index contributed by atoms with van der Waals surface area (Å²) in [6, 6.07) is 5.54. The van der Waals surface area contributed by atoms with E-state index in [0.29, 0.717) is 5.56 Å². The Bertz CT molecular complexity index is 603. The number of Topliss-reactive ketones (excluding diaryl/α,β-unsaturated/α-hetero) is 1. The van der Waals surface area contributed by atoms with Crippen molar-refractivity contribution >= 4 is 49.5 Å². The van der Waals surface area contributed by atoms with Crippen LogP contribution < -0.4 is 0 Å². The molecule has 2 aromatic rings. The normalized spacial score (nSPS) is 10.7. The molecule has 1 aromatic heterocycles. The summed E-state index contributed by atoms with van der Waals surface area (Å²) in [6.45, 7) is 0. The Balaban J connectivity index is 2.75. The fourth-order valence-electron chi connectivity index (χ4n) is 1.65. The molecule has 82 valence electrons. The summed E-state index contributed by atoms with van der Waals surface area (Å²) in [7, 11) is 1.81. The van der Waals surface area contributed by atoms with Crippen LogP contribution in [0.4, 0.5) is 0 Å². The van der Waals surface area contributed by atoms with Gasteiger partial charge in [0, 0.05) is 28.6 Å². The van der Waals surface area contributed by atoms with Crippen LogP contribution in [0.3, 0.4) is 0 Å². The Morgan fingerprint density at radius 1 is 1.38 bits per heavy atom. The van der Waals surface area contributed by atoms with Crippen molar-refractivity contribution in [3.8, 4) is 0 Å². The number of halogens is 2. The standard InChI is InChI=1S/C11H7BrClNO2/c1-14-5-8(10(15)11(13)16)7-4-6(12)2-3-9(7)14/h2-5H,1H3. The third kappa shape index (κ3) is 1.79. The second-order valence-electron chi connectivity index (χ2n) is 3.42. The lowest BCUT2D eigenvalue weighted by Crippen LogP contribution is -2.06. The Morgan fingerprint density at radius 2 is 2.06 bits per heavy atom. The van der Waals surface area contributed by atoms with Gasteiger partial charge in [-0.15, -0.1) is 0 Å².